The Morgan fingerprint density at radius 1 is 1.05 bits per heavy atom. The molecule has 2 heterocycles. The van der Waals surface area contributed by atoms with E-state index < -0.39 is 0 Å². The van der Waals surface area contributed by atoms with E-state index in [0.29, 0.717) is 25.1 Å². The summed E-state index contributed by atoms with van der Waals surface area (Å²) in [5.74, 6) is 1.25. The molecule has 6 heteroatoms. The molecule has 0 aliphatic carbocycles. The zero-order valence-corrected chi connectivity index (χ0v) is 10.5. The van der Waals surface area contributed by atoms with Crippen LogP contribution in [0.4, 0.5) is 17.6 Å². The van der Waals surface area contributed by atoms with Gasteiger partial charge in [0.25, 0.3) is 0 Å². The Kier molecular flexibility index (Phi) is 3.51. The topological polar surface area (TPSA) is 63.2 Å². The monoisotopic (exact) mass is 257 g/mol. The van der Waals surface area contributed by atoms with Crippen molar-refractivity contribution in [2.24, 2.45) is 0 Å². The predicted octanol–water partition coefficient (Wildman–Crippen LogP) is 1.45. The van der Waals surface area contributed by atoms with Crippen LogP contribution >= 0.6 is 0 Å². The largest absolute Gasteiger partial charge is 0.378 e. The molecule has 0 atom stereocenters. The van der Waals surface area contributed by atoms with Gasteiger partial charge in [-0.25, -0.2) is 9.97 Å². The van der Waals surface area contributed by atoms with Gasteiger partial charge in [0.1, 0.15) is 6.33 Å². The van der Waals surface area contributed by atoms with Crippen LogP contribution in [-0.4, -0.2) is 41.3 Å². The molecule has 0 unspecified atom stereocenters. The van der Waals surface area contributed by atoms with Crippen LogP contribution in [0.5, 0.6) is 0 Å². The molecule has 19 heavy (non-hydrogen) atoms. The highest BCUT2D eigenvalue weighted by Crippen LogP contribution is 2.14. The number of nitrogens with zero attached hydrogens (tertiary/aromatic N) is 4. The van der Waals surface area contributed by atoms with Crippen molar-refractivity contribution in [1.29, 1.82) is 0 Å². The van der Waals surface area contributed by atoms with Crippen LogP contribution < -0.4 is 10.2 Å². The maximum absolute atomic E-state index is 5.32. The molecule has 0 spiro atoms. The Morgan fingerprint density at radius 3 is 2.63 bits per heavy atom. The summed E-state index contributed by atoms with van der Waals surface area (Å²) in [6, 6.07) is 9.84. The van der Waals surface area contributed by atoms with E-state index >= 15 is 0 Å². The summed E-state index contributed by atoms with van der Waals surface area (Å²) in [7, 11) is 0. The van der Waals surface area contributed by atoms with E-state index in [1.54, 1.807) is 0 Å². The lowest BCUT2D eigenvalue weighted by Gasteiger charge is -2.26. The van der Waals surface area contributed by atoms with Crippen molar-refractivity contribution in [2.75, 3.05) is 36.5 Å². The Hall–Kier alpha value is -2.21. The molecule has 0 radical (unpaired) electrons. The Labute approximate surface area is 111 Å². The molecule has 1 aliphatic rings. The average Bonchev–Trinajstić information content (AvgIpc) is 2.49. The molecule has 1 aromatic carbocycles. The summed E-state index contributed by atoms with van der Waals surface area (Å²) in [5, 5.41) is 3.16. The summed E-state index contributed by atoms with van der Waals surface area (Å²) >= 11 is 0. The fourth-order valence-electron chi connectivity index (χ4n) is 1.91. The molecular formula is C13H15N5O. The number of hydrogen-bond donors (Lipinski definition) is 1. The van der Waals surface area contributed by atoms with Gasteiger partial charge in [0.2, 0.25) is 11.9 Å². The van der Waals surface area contributed by atoms with E-state index in [1.807, 2.05) is 30.3 Å². The number of benzene rings is 1. The van der Waals surface area contributed by atoms with Crippen LogP contribution in [0.1, 0.15) is 0 Å². The number of ether oxygens (including phenoxy) is 1. The summed E-state index contributed by atoms with van der Waals surface area (Å²) in [6.45, 7) is 3.06. The Balaban J connectivity index is 1.76. The first kappa shape index (κ1) is 11.9. The minimum Gasteiger partial charge on any atom is -0.378 e. The minimum atomic E-state index is 0.558. The first-order valence-electron chi connectivity index (χ1n) is 6.25. The molecule has 3 rings (SSSR count). The maximum atomic E-state index is 5.32. The number of rotatable bonds is 3. The first-order valence-corrected chi connectivity index (χ1v) is 6.25. The van der Waals surface area contributed by atoms with Crippen molar-refractivity contribution in [3.63, 3.8) is 0 Å². The van der Waals surface area contributed by atoms with E-state index in [4.69, 9.17) is 4.74 Å². The molecule has 0 amide bonds. The molecule has 6 nitrogen and oxygen atoms in total. The molecule has 1 saturated heterocycles. The van der Waals surface area contributed by atoms with Crippen LogP contribution in [-0.2, 0) is 4.74 Å². The van der Waals surface area contributed by atoms with Crippen molar-refractivity contribution in [3.8, 4) is 0 Å². The van der Waals surface area contributed by atoms with Crippen LogP contribution in [0, 0.1) is 0 Å². The van der Waals surface area contributed by atoms with E-state index in [0.717, 1.165) is 18.8 Å². The second-order valence-corrected chi connectivity index (χ2v) is 4.20. The van der Waals surface area contributed by atoms with E-state index in [2.05, 4.69) is 25.2 Å². The van der Waals surface area contributed by atoms with Gasteiger partial charge in [-0.3, -0.25) is 0 Å². The van der Waals surface area contributed by atoms with E-state index in [-0.39, 0.29) is 0 Å². The van der Waals surface area contributed by atoms with Crippen molar-refractivity contribution in [2.45, 2.75) is 0 Å². The van der Waals surface area contributed by atoms with Gasteiger partial charge in [0.15, 0.2) is 0 Å². The van der Waals surface area contributed by atoms with E-state index in [9.17, 15) is 0 Å². The van der Waals surface area contributed by atoms with Crippen molar-refractivity contribution >= 4 is 17.6 Å². The molecule has 0 bridgehead atoms. The zero-order chi connectivity index (χ0) is 12.9. The van der Waals surface area contributed by atoms with Crippen LogP contribution in [0.2, 0.25) is 0 Å². The number of nitrogens with one attached hydrogen (secondary N) is 1. The van der Waals surface area contributed by atoms with Gasteiger partial charge in [0, 0.05) is 18.8 Å². The third-order valence-corrected chi connectivity index (χ3v) is 2.88. The molecular weight excluding hydrogens is 242 g/mol. The van der Waals surface area contributed by atoms with Crippen molar-refractivity contribution in [3.05, 3.63) is 36.7 Å². The third-order valence-electron chi connectivity index (χ3n) is 2.88. The second kappa shape index (κ2) is 5.62. The summed E-state index contributed by atoms with van der Waals surface area (Å²) < 4.78 is 5.32. The van der Waals surface area contributed by atoms with Gasteiger partial charge in [-0.15, -0.1) is 0 Å². The Bertz CT molecular complexity index is 528. The van der Waals surface area contributed by atoms with Crippen molar-refractivity contribution in [1.82, 2.24) is 15.0 Å². The molecule has 98 valence electrons. The molecule has 1 aromatic heterocycles. The number of hydrogen-bond acceptors (Lipinski definition) is 6. The standard InChI is InChI=1S/C13H15N5O/c1-2-4-11(5-3-1)16-12-14-10-15-13(17-12)18-6-8-19-9-7-18/h1-5,10H,6-9H2,(H,14,15,16,17). The zero-order valence-electron chi connectivity index (χ0n) is 10.5. The summed E-state index contributed by atoms with van der Waals surface area (Å²) in [4.78, 5) is 14.9. The Morgan fingerprint density at radius 2 is 1.84 bits per heavy atom. The lowest BCUT2D eigenvalue weighted by molar-refractivity contribution is 0.122. The average molecular weight is 257 g/mol. The number of aromatic nitrogens is 3. The van der Waals surface area contributed by atoms with Gasteiger partial charge in [0.05, 0.1) is 13.2 Å². The van der Waals surface area contributed by atoms with Crippen LogP contribution in [0.3, 0.4) is 0 Å². The highest BCUT2D eigenvalue weighted by Gasteiger charge is 2.14. The normalized spacial score (nSPS) is 15.3. The summed E-state index contributed by atoms with van der Waals surface area (Å²) in [5.41, 5.74) is 0.960. The smallest absolute Gasteiger partial charge is 0.231 e. The van der Waals surface area contributed by atoms with E-state index in [1.165, 1.54) is 6.33 Å². The quantitative estimate of drug-likeness (QED) is 0.898. The lowest BCUT2D eigenvalue weighted by atomic mass is 10.3. The third kappa shape index (κ3) is 2.97. The predicted molar refractivity (Wildman–Crippen MR) is 72.6 cm³/mol. The minimum absolute atomic E-state index is 0.558. The number of anilines is 3. The highest BCUT2D eigenvalue weighted by molar-refractivity contribution is 5.53. The lowest BCUT2D eigenvalue weighted by Crippen LogP contribution is -2.37. The molecule has 1 fully saturated rings. The van der Waals surface area contributed by atoms with Gasteiger partial charge in [-0.2, -0.15) is 4.98 Å². The fraction of sp³-hybridized carbons (Fsp3) is 0.308. The van der Waals surface area contributed by atoms with Crippen LogP contribution in [0.25, 0.3) is 0 Å². The number of para-hydroxylation sites is 1. The summed E-state index contributed by atoms with van der Waals surface area (Å²) in [6.07, 6.45) is 1.53. The molecule has 2 aromatic rings. The van der Waals surface area contributed by atoms with Gasteiger partial charge in [-0.05, 0) is 12.1 Å². The van der Waals surface area contributed by atoms with Crippen LogP contribution in [0.15, 0.2) is 36.7 Å². The SMILES string of the molecule is c1ccc(Nc2ncnc(N3CCOCC3)n2)cc1. The first-order chi connectivity index (χ1) is 9.42. The highest BCUT2D eigenvalue weighted by atomic mass is 16.5. The maximum Gasteiger partial charge on any atom is 0.231 e. The van der Waals surface area contributed by atoms with Crippen molar-refractivity contribution < 1.29 is 4.74 Å². The fourth-order valence-corrected chi connectivity index (χ4v) is 1.91. The van der Waals surface area contributed by atoms with Gasteiger partial charge in [-0.1, -0.05) is 18.2 Å². The van der Waals surface area contributed by atoms with Gasteiger partial charge >= 0.3 is 0 Å². The molecule has 1 N–H and O–H groups in total. The van der Waals surface area contributed by atoms with Gasteiger partial charge < -0.3 is 15.0 Å². The molecule has 0 saturated carbocycles. The molecule has 1 aliphatic heterocycles. The second-order valence-electron chi connectivity index (χ2n) is 4.20. The number of morpholine rings is 1.